The lowest BCUT2D eigenvalue weighted by atomic mass is 9.96. The number of aromatic nitrogens is 2. The summed E-state index contributed by atoms with van der Waals surface area (Å²) >= 11 is 1.48. The van der Waals surface area contributed by atoms with Gasteiger partial charge in [-0.15, -0.1) is 10.2 Å². The lowest BCUT2D eigenvalue weighted by Gasteiger charge is -2.34. The molecule has 7 nitrogen and oxygen atoms in total. The minimum atomic E-state index is 0.0580. The van der Waals surface area contributed by atoms with Crippen LogP contribution >= 0.6 is 11.3 Å². The minimum Gasteiger partial charge on any atom is -0.346 e. The van der Waals surface area contributed by atoms with Gasteiger partial charge < -0.3 is 9.80 Å². The number of carbonyl (C=O) groups excluding carboxylic acids is 2. The summed E-state index contributed by atoms with van der Waals surface area (Å²) in [6.07, 6.45) is 8.20. The molecule has 1 aromatic rings. The molecule has 0 radical (unpaired) electrons. The van der Waals surface area contributed by atoms with E-state index in [1.807, 2.05) is 0 Å². The van der Waals surface area contributed by atoms with E-state index in [9.17, 15) is 9.59 Å². The van der Waals surface area contributed by atoms with E-state index in [2.05, 4.69) is 20.0 Å². The number of hydrogen-bond acceptors (Lipinski definition) is 6. The summed E-state index contributed by atoms with van der Waals surface area (Å²) in [5.41, 5.74) is 0. The zero-order chi connectivity index (χ0) is 17.9. The zero-order valence-electron chi connectivity index (χ0n) is 15.2. The molecule has 3 saturated heterocycles. The Labute approximate surface area is 158 Å². The summed E-state index contributed by atoms with van der Waals surface area (Å²) < 4.78 is 0. The molecule has 8 heteroatoms. The van der Waals surface area contributed by atoms with Gasteiger partial charge in [0, 0.05) is 39.1 Å². The van der Waals surface area contributed by atoms with Gasteiger partial charge >= 0.3 is 0 Å². The highest BCUT2D eigenvalue weighted by molar-refractivity contribution is 7.19. The first-order valence-corrected chi connectivity index (χ1v) is 10.7. The fourth-order valence-electron chi connectivity index (χ4n) is 4.20. The number of hydrogen-bond donors (Lipinski definition) is 0. The second-order valence-corrected chi connectivity index (χ2v) is 8.48. The summed E-state index contributed by atoms with van der Waals surface area (Å²) in [5, 5.41) is 10.1. The van der Waals surface area contributed by atoms with Gasteiger partial charge in [-0.25, -0.2) is 0 Å². The van der Waals surface area contributed by atoms with E-state index in [4.69, 9.17) is 0 Å². The van der Waals surface area contributed by atoms with E-state index in [0.29, 0.717) is 17.5 Å². The molecule has 2 amide bonds. The fourth-order valence-corrected chi connectivity index (χ4v) is 5.12. The predicted octanol–water partition coefficient (Wildman–Crippen LogP) is 2.28. The summed E-state index contributed by atoms with van der Waals surface area (Å²) in [7, 11) is 0. The van der Waals surface area contributed by atoms with Crippen LogP contribution in [0.5, 0.6) is 0 Å². The maximum absolute atomic E-state index is 13.0. The van der Waals surface area contributed by atoms with Crippen LogP contribution < -0.4 is 9.80 Å². The predicted molar refractivity (Wildman–Crippen MR) is 101 cm³/mol. The number of carbonyl (C=O) groups is 2. The van der Waals surface area contributed by atoms with Crippen LogP contribution in [0.2, 0.25) is 0 Å². The Morgan fingerprint density at radius 2 is 1.69 bits per heavy atom. The van der Waals surface area contributed by atoms with Gasteiger partial charge in [0.1, 0.15) is 0 Å². The maximum atomic E-state index is 13.0. The van der Waals surface area contributed by atoms with Crippen LogP contribution in [0.15, 0.2) is 0 Å². The average molecular weight is 378 g/mol. The van der Waals surface area contributed by atoms with Gasteiger partial charge in [-0.2, -0.15) is 0 Å². The molecule has 3 aliphatic heterocycles. The topological polar surface area (TPSA) is 69.6 Å². The van der Waals surface area contributed by atoms with Crippen LogP contribution in [0.1, 0.15) is 51.4 Å². The Bertz CT molecular complexity index is 656. The van der Waals surface area contributed by atoms with Gasteiger partial charge in [0.15, 0.2) is 0 Å². The van der Waals surface area contributed by atoms with Crippen molar-refractivity contribution in [3.8, 4) is 0 Å². The van der Waals surface area contributed by atoms with Crippen LogP contribution in [0.25, 0.3) is 0 Å². The molecule has 0 bridgehead atoms. The molecular weight excluding hydrogens is 350 g/mol. The zero-order valence-corrected chi connectivity index (χ0v) is 16.0. The summed E-state index contributed by atoms with van der Waals surface area (Å²) in [6.45, 7) is 4.19. The van der Waals surface area contributed by atoms with Crippen LogP contribution in [0.3, 0.4) is 0 Å². The molecule has 0 N–H and O–H groups in total. The highest BCUT2D eigenvalue weighted by Crippen LogP contribution is 2.32. The van der Waals surface area contributed by atoms with Gasteiger partial charge in [-0.3, -0.25) is 14.5 Å². The average Bonchev–Trinajstić information content (AvgIpc) is 3.22. The number of amides is 2. The van der Waals surface area contributed by atoms with Crippen LogP contribution in [0.4, 0.5) is 10.3 Å². The minimum absolute atomic E-state index is 0.0580. The first-order chi connectivity index (χ1) is 12.7. The number of piperidine rings is 1. The smallest absolute Gasteiger partial charge is 0.228 e. The molecule has 0 unspecified atom stereocenters. The second kappa shape index (κ2) is 7.90. The summed E-state index contributed by atoms with van der Waals surface area (Å²) in [5.74, 6) is 0.513. The van der Waals surface area contributed by atoms with E-state index in [-0.39, 0.29) is 11.8 Å². The third-order valence-corrected chi connectivity index (χ3v) is 6.67. The summed E-state index contributed by atoms with van der Waals surface area (Å²) in [4.78, 5) is 30.9. The van der Waals surface area contributed by atoms with Gasteiger partial charge in [0.25, 0.3) is 0 Å². The molecule has 0 saturated carbocycles. The Balaban J connectivity index is 1.41. The largest absolute Gasteiger partial charge is 0.346 e. The van der Waals surface area contributed by atoms with E-state index in [1.165, 1.54) is 24.2 Å². The number of likely N-dealkylation sites (tertiary alicyclic amines) is 1. The molecule has 26 heavy (non-hydrogen) atoms. The van der Waals surface area contributed by atoms with Crippen molar-refractivity contribution in [2.45, 2.75) is 51.4 Å². The molecule has 3 aliphatic rings. The molecular formula is C18H27N5O2S. The molecule has 0 spiro atoms. The third kappa shape index (κ3) is 3.70. The number of anilines is 2. The molecule has 4 heterocycles. The van der Waals surface area contributed by atoms with Crippen molar-refractivity contribution in [3.05, 3.63) is 0 Å². The van der Waals surface area contributed by atoms with E-state index < -0.39 is 0 Å². The monoisotopic (exact) mass is 377 g/mol. The second-order valence-electron chi connectivity index (χ2n) is 7.54. The van der Waals surface area contributed by atoms with Crippen molar-refractivity contribution in [2.75, 3.05) is 42.5 Å². The van der Waals surface area contributed by atoms with Gasteiger partial charge in [0.05, 0.1) is 5.92 Å². The Hall–Kier alpha value is -1.70. The fraction of sp³-hybridized carbons (Fsp3) is 0.778. The lowest BCUT2D eigenvalue weighted by molar-refractivity contribution is -0.135. The third-order valence-electron chi connectivity index (χ3n) is 5.67. The maximum Gasteiger partial charge on any atom is 0.228 e. The summed E-state index contributed by atoms with van der Waals surface area (Å²) in [6, 6.07) is 0. The first-order valence-electron chi connectivity index (χ1n) is 9.90. The van der Waals surface area contributed by atoms with Crippen molar-refractivity contribution in [1.29, 1.82) is 0 Å². The van der Waals surface area contributed by atoms with Crippen molar-refractivity contribution in [2.24, 2.45) is 5.92 Å². The van der Waals surface area contributed by atoms with Crippen molar-refractivity contribution >= 4 is 33.4 Å². The van der Waals surface area contributed by atoms with Crippen LogP contribution in [0, 0.1) is 5.92 Å². The molecule has 142 valence electrons. The highest BCUT2D eigenvalue weighted by Gasteiger charge is 2.32. The lowest BCUT2D eigenvalue weighted by Crippen LogP contribution is -2.45. The van der Waals surface area contributed by atoms with Crippen molar-refractivity contribution in [1.82, 2.24) is 15.1 Å². The van der Waals surface area contributed by atoms with Gasteiger partial charge in [0.2, 0.25) is 22.1 Å². The van der Waals surface area contributed by atoms with E-state index >= 15 is 0 Å². The van der Waals surface area contributed by atoms with Crippen LogP contribution in [-0.4, -0.2) is 59.6 Å². The Morgan fingerprint density at radius 3 is 2.42 bits per heavy atom. The van der Waals surface area contributed by atoms with Gasteiger partial charge in [-0.05, 0) is 32.1 Å². The quantitative estimate of drug-likeness (QED) is 0.808. The Morgan fingerprint density at radius 1 is 0.923 bits per heavy atom. The molecule has 0 aliphatic carbocycles. The first kappa shape index (κ1) is 17.7. The number of nitrogens with zero attached hydrogens (tertiary/aromatic N) is 5. The number of rotatable bonds is 3. The molecule has 1 aromatic heterocycles. The molecule has 1 atom stereocenters. The molecule has 3 fully saturated rings. The normalized spacial score (nSPS) is 24.8. The molecule has 0 aromatic carbocycles. The van der Waals surface area contributed by atoms with Crippen LogP contribution in [-0.2, 0) is 9.59 Å². The van der Waals surface area contributed by atoms with E-state index in [1.54, 1.807) is 4.90 Å². The SMILES string of the molecule is O=C([C@@H]1CCCN(c2nnc(N3CCCC3=O)s2)C1)N1CCCCCC1. The van der Waals surface area contributed by atoms with Crippen molar-refractivity contribution in [3.63, 3.8) is 0 Å². The van der Waals surface area contributed by atoms with E-state index in [0.717, 1.165) is 70.0 Å². The standard InChI is InChI=1S/C18H27N5O2S/c24-15-8-6-12-23(15)18-20-19-17(26-18)22-11-5-7-14(13-22)16(25)21-9-3-1-2-4-10-21/h14H,1-13H2/t14-/m1/s1. The highest BCUT2D eigenvalue weighted by atomic mass is 32.1. The van der Waals surface area contributed by atoms with Crippen molar-refractivity contribution < 1.29 is 9.59 Å². The van der Waals surface area contributed by atoms with Gasteiger partial charge in [-0.1, -0.05) is 24.2 Å². The molecule has 4 rings (SSSR count). The Kier molecular flexibility index (Phi) is 5.38.